The van der Waals surface area contributed by atoms with Crippen LogP contribution in [0.4, 0.5) is 0 Å². The van der Waals surface area contributed by atoms with Gasteiger partial charge in [-0.1, -0.05) is 6.42 Å². The lowest BCUT2D eigenvalue weighted by Crippen LogP contribution is -2.50. The predicted molar refractivity (Wildman–Crippen MR) is 93.3 cm³/mol. The third kappa shape index (κ3) is 2.87. The lowest BCUT2D eigenvalue weighted by atomic mass is 9.65. The summed E-state index contributed by atoms with van der Waals surface area (Å²) < 4.78 is 1.98. The van der Waals surface area contributed by atoms with E-state index in [0.29, 0.717) is 29.7 Å². The highest BCUT2D eigenvalue weighted by Crippen LogP contribution is 2.42. The van der Waals surface area contributed by atoms with Crippen LogP contribution in [0.5, 0.6) is 0 Å². The number of nitrogens with two attached hydrogens (primary N) is 1. The number of amides is 1. The fourth-order valence-electron chi connectivity index (χ4n) is 5.43. The Morgan fingerprint density at radius 2 is 1.83 bits per heavy atom. The number of likely N-dealkylation sites (tertiary alicyclic amines) is 1. The van der Waals surface area contributed by atoms with Gasteiger partial charge in [0.05, 0.1) is 0 Å². The summed E-state index contributed by atoms with van der Waals surface area (Å²) in [6.45, 7) is 1.79. The first-order valence-electron chi connectivity index (χ1n) is 9.65. The van der Waals surface area contributed by atoms with Gasteiger partial charge in [-0.3, -0.25) is 9.48 Å². The maximum atomic E-state index is 13.0. The number of piperidine rings is 1. The molecule has 2 saturated carbocycles. The third-order valence-corrected chi connectivity index (χ3v) is 6.85. The Morgan fingerprint density at radius 1 is 1.17 bits per heavy atom. The Labute approximate surface area is 144 Å². The number of rotatable bonds is 2. The molecule has 2 aliphatic carbocycles. The van der Waals surface area contributed by atoms with Crippen molar-refractivity contribution in [1.29, 1.82) is 0 Å². The number of nitrogens with zero attached hydrogens (tertiary/aromatic N) is 3. The van der Waals surface area contributed by atoms with Crippen molar-refractivity contribution in [1.82, 2.24) is 14.7 Å². The zero-order valence-corrected chi connectivity index (χ0v) is 14.7. The van der Waals surface area contributed by atoms with E-state index in [1.54, 1.807) is 0 Å². The molecular weight excluding hydrogens is 300 g/mol. The molecule has 3 aliphatic rings. The largest absolute Gasteiger partial charge is 0.342 e. The standard InChI is InChI=1S/C19H30N4O/c1-22-17(5-8-21-22)13-6-9-23(10-7-13)19(24)16-11-14-3-2-4-15(12-16)18(14)20/h5,8,13-16,18H,2-4,6-7,9-12,20H2,1H3. The summed E-state index contributed by atoms with van der Waals surface area (Å²) in [5.74, 6) is 2.34. The molecule has 2 unspecified atom stereocenters. The van der Waals surface area contributed by atoms with E-state index in [9.17, 15) is 4.79 Å². The van der Waals surface area contributed by atoms with Crippen molar-refractivity contribution in [3.8, 4) is 0 Å². The molecule has 0 radical (unpaired) electrons. The van der Waals surface area contributed by atoms with Crippen molar-refractivity contribution in [2.45, 2.75) is 56.9 Å². The van der Waals surface area contributed by atoms with Gasteiger partial charge in [-0.15, -0.1) is 0 Å². The van der Waals surface area contributed by atoms with Gasteiger partial charge >= 0.3 is 0 Å². The molecule has 1 aromatic heterocycles. The van der Waals surface area contributed by atoms with Crippen LogP contribution in [0.15, 0.2) is 12.3 Å². The van der Waals surface area contributed by atoms with Crippen molar-refractivity contribution in [2.75, 3.05) is 13.1 Å². The number of hydrogen-bond acceptors (Lipinski definition) is 3. The summed E-state index contributed by atoms with van der Waals surface area (Å²) >= 11 is 0. The Kier molecular flexibility index (Phi) is 4.37. The third-order valence-electron chi connectivity index (χ3n) is 6.85. The van der Waals surface area contributed by atoms with Crippen LogP contribution in [0, 0.1) is 17.8 Å². The van der Waals surface area contributed by atoms with Gasteiger partial charge in [0, 0.05) is 49.9 Å². The molecule has 0 spiro atoms. The maximum Gasteiger partial charge on any atom is 0.225 e. The van der Waals surface area contributed by atoms with Gasteiger partial charge in [-0.05, 0) is 56.4 Å². The van der Waals surface area contributed by atoms with Gasteiger partial charge in [0.15, 0.2) is 0 Å². The van der Waals surface area contributed by atoms with Gasteiger partial charge in [0.2, 0.25) is 5.91 Å². The van der Waals surface area contributed by atoms with Crippen LogP contribution in [0.2, 0.25) is 0 Å². The highest BCUT2D eigenvalue weighted by atomic mass is 16.2. The Balaban J connectivity index is 1.36. The molecule has 3 fully saturated rings. The van der Waals surface area contributed by atoms with Crippen LogP contribution >= 0.6 is 0 Å². The molecule has 1 amide bonds. The van der Waals surface area contributed by atoms with Crippen molar-refractivity contribution in [3.05, 3.63) is 18.0 Å². The van der Waals surface area contributed by atoms with E-state index in [4.69, 9.17) is 5.73 Å². The number of aromatic nitrogens is 2. The molecule has 2 bridgehead atoms. The second kappa shape index (κ2) is 6.51. The second-order valence-corrected chi connectivity index (χ2v) is 8.18. The average Bonchev–Trinajstić information content (AvgIpc) is 3.00. The zero-order valence-electron chi connectivity index (χ0n) is 14.7. The molecule has 24 heavy (non-hydrogen) atoms. The number of fused-ring (bicyclic) bond motifs is 2. The van der Waals surface area contributed by atoms with Crippen LogP contribution in [0.3, 0.4) is 0 Å². The summed E-state index contributed by atoms with van der Waals surface area (Å²) in [5.41, 5.74) is 7.68. The highest BCUT2D eigenvalue weighted by molar-refractivity contribution is 5.79. The Bertz CT molecular complexity index is 576. The molecule has 4 rings (SSSR count). The minimum atomic E-state index is 0.230. The van der Waals surface area contributed by atoms with Gasteiger partial charge in [0.25, 0.3) is 0 Å². The average molecular weight is 330 g/mol. The Hall–Kier alpha value is -1.36. The fraction of sp³-hybridized carbons (Fsp3) is 0.789. The SMILES string of the molecule is Cn1nccc1C1CCN(C(=O)C2CC3CCCC(C2)C3N)CC1. The van der Waals surface area contributed by atoms with Crippen molar-refractivity contribution < 1.29 is 4.79 Å². The van der Waals surface area contributed by atoms with E-state index < -0.39 is 0 Å². The molecular formula is C19H30N4O. The van der Waals surface area contributed by atoms with E-state index in [-0.39, 0.29) is 5.92 Å². The van der Waals surface area contributed by atoms with Gasteiger partial charge < -0.3 is 10.6 Å². The van der Waals surface area contributed by atoms with E-state index in [0.717, 1.165) is 38.8 Å². The molecule has 5 heteroatoms. The van der Waals surface area contributed by atoms with Crippen molar-refractivity contribution in [3.63, 3.8) is 0 Å². The highest BCUT2D eigenvalue weighted by Gasteiger charge is 2.42. The molecule has 2 N–H and O–H groups in total. The van der Waals surface area contributed by atoms with Crippen molar-refractivity contribution in [2.24, 2.45) is 30.5 Å². The van der Waals surface area contributed by atoms with E-state index >= 15 is 0 Å². The fourth-order valence-corrected chi connectivity index (χ4v) is 5.43. The predicted octanol–water partition coefficient (Wildman–Crippen LogP) is 2.28. The lowest BCUT2D eigenvalue weighted by Gasteiger charge is -2.45. The molecule has 1 aromatic rings. The number of carbonyl (C=O) groups excluding carboxylic acids is 1. The van der Waals surface area contributed by atoms with Crippen LogP contribution in [0.25, 0.3) is 0 Å². The number of carbonyl (C=O) groups is 1. The first-order chi connectivity index (χ1) is 11.6. The van der Waals surface area contributed by atoms with E-state index in [1.165, 1.54) is 25.0 Å². The van der Waals surface area contributed by atoms with Gasteiger partial charge in [-0.2, -0.15) is 5.10 Å². The molecule has 5 nitrogen and oxygen atoms in total. The van der Waals surface area contributed by atoms with E-state index in [1.807, 2.05) is 17.9 Å². The molecule has 0 aromatic carbocycles. The summed E-state index contributed by atoms with van der Waals surface area (Å²) in [4.78, 5) is 15.1. The first kappa shape index (κ1) is 16.1. The number of hydrogen-bond donors (Lipinski definition) is 1. The Morgan fingerprint density at radius 3 is 2.42 bits per heavy atom. The summed E-state index contributed by atoms with van der Waals surface area (Å²) in [7, 11) is 2.01. The monoisotopic (exact) mass is 330 g/mol. The van der Waals surface area contributed by atoms with E-state index in [2.05, 4.69) is 16.1 Å². The first-order valence-corrected chi connectivity index (χ1v) is 9.65. The smallest absolute Gasteiger partial charge is 0.225 e. The van der Waals surface area contributed by atoms with Crippen LogP contribution in [0.1, 0.15) is 56.6 Å². The normalized spacial score (nSPS) is 34.3. The molecule has 1 aliphatic heterocycles. The summed E-state index contributed by atoms with van der Waals surface area (Å²) in [5, 5.41) is 4.28. The second-order valence-electron chi connectivity index (χ2n) is 8.18. The van der Waals surface area contributed by atoms with Crippen LogP contribution in [-0.4, -0.2) is 39.7 Å². The summed E-state index contributed by atoms with van der Waals surface area (Å²) in [6.07, 6.45) is 9.80. The molecule has 2 heterocycles. The molecule has 2 atom stereocenters. The molecule has 1 saturated heterocycles. The lowest BCUT2D eigenvalue weighted by molar-refractivity contribution is -0.139. The minimum Gasteiger partial charge on any atom is -0.342 e. The topological polar surface area (TPSA) is 64.2 Å². The van der Waals surface area contributed by atoms with Gasteiger partial charge in [-0.25, -0.2) is 0 Å². The number of aryl methyl sites for hydroxylation is 1. The maximum absolute atomic E-state index is 13.0. The van der Waals surface area contributed by atoms with Crippen LogP contribution < -0.4 is 5.73 Å². The van der Waals surface area contributed by atoms with Crippen molar-refractivity contribution >= 4 is 5.91 Å². The molecule has 132 valence electrons. The zero-order chi connectivity index (χ0) is 16.7. The van der Waals surface area contributed by atoms with Gasteiger partial charge in [0.1, 0.15) is 0 Å². The van der Waals surface area contributed by atoms with Crippen LogP contribution in [-0.2, 0) is 11.8 Å². The summed E-state index contributed by atoms with van der Waals surface area (Å²) in [6, 6.07) is 2.46. The quantitative estimate of drug-likeness (QED) is 0.905. The minimum absolute atomic E-state index is 0.230.